The first-order chi connectivity index (χ1) is 9.97. The van der Waals surface area contributed by atoms with E-state index in [2.05, 4.69) is 5.32 Å². The number of nitro benzene ring substituents is 1. The van der Waals surface area contributed by atoms with E-state index in [1.165, 1.54) is 31.0 Å². The van der Waals surface area contributed by atoms with Gasteiger partial charge in [0.15, 0.2) is 0 Å². The molecule has 0 radical (unpaired) electrons. The maximum absolute atomic E-state index is 12.2. The van der Waals surface area contributed by atoms with Crippen LogP contribution in [0.1, 0.15) is 32.6 Å². The van der Waals surface area contributed by atoms with Gasteiger partial charge in [-0.2, -0.15) is 0 Å². The van der Waals surface area contributed by atoms with E-state index in [1.807, 2.05) is 6.92 Å². The molecule has 0 aromatic heterocycles. The number of benzene rings is 1. The summed E-state index contributed by atoms with van der Waals surface area (Å²) in [6.45, 7) is 1.85. The molecule has 1 aliphatic rings. The molecule has 1 fully saturated rings. The molecule has 0 spiro atoms. The lowest BCUT2D eigenvalue weighted by molar-refractivity contribution is -0.384. The third kappa shape index (κ3) is 4.35. The second-order valence-corrected chi connectivity index (χ2v) is 7.15. The molecule has 114 valence electrons. The number of carbonyl (C=O) groups is 1. The van der Waals surface area contributed by atoms with Gasteiger partial charge >= 0.3 is 0 Å². The molecule has 0 unspecified atom stereocenters. The van der Waals surface area contributed by atoms with Crippen molar-refractivity contribution in [3.63, 3.8) is 0 Å². The molecule has 1 aliphatic carbocycles. The van der Waals surface area contributed by atoms with E-state index in [0.29, 0.717) is 10.3 Å². The number of anilines is 1. The Bertz CT molecular complexity index is 547. The van der Waals surface area contributed by atoms with Crippen molar-refractivity contribution in [2.45, 2.75) is 43.1 Å². The maximum Gasteiger partial charge on any atom is 0.271 e. The Labute approximate surface area is 132 Å². The molecule has 1 N–H and O–H groups in total. The van der Waals surface area contributed by atoms with Crippen LogP contribution in [-0.4, -0.2) is 21.3 Å². The van der Waals surface area contributed by atoms with Crippen molar-refractivity contribution in [3.8, 4) is 0 Å². The van der Waals surface area contributed by atoms with Crippen LogP contribution >= 0.6 is 23.4 Å². The predicted molar refractivity (Wildman–Crippen MR) is 86.0 cm³/mol. The van der Waals surface area contributed by atoms with Gasteiger partial charge in [0.2, 0.25) is 5.91 Å². The summed E-state index contributed by atoms with van der Waals surface area (Å²) in [5.74, 6) is -0.172. The Kier molecular flexibility index (Phi) is 5.47. The third-order valence-corrected chi connectivity index (χ3v) is 5.29. The minimum absolute atomic E-state index is 0.0919. The van der Waals surface area contributed by atoms with Crippen LogP contribution in [0.25, 0.3) is 0 Å². The minimum atomic E-state index is -0.511. The smallest absolute Gasteiger partial charge is 0.271 e. The fourth-order valence-electron chi connectivity index (χ4n) is 2.33. The van der Waals surface area contributed by atoms with Gasteiger partial charge in [0, 0.05) is 17.4 Å². The number of nitro groups is 1. The summed E-state index contributed by atoms with van der Waals surface area (Å²) >= 11 is 7.64. The van der Waals surface area contributed by atoms with E-state index < -0.39 is 4.92 Å². The fourth-order valence-corrected chi connectivity index (χ4v) is 3.86. The Hall–Kier alpha value is -1.27. The number of non-ortho nitro benzene ring substituents is 1. The van der Waals surface area contributed by atoms with Gasteiger partial charge in [-0.05, 0) is 25.8 Å². The van der Waals surface area contributed by atoms with Crippen molar-refractivity contribution in [1.29, 1.82) is 0 Å². The summed E-state index contributed by atoms with van der Waals surface area (Å²) in [6, 6.07) is 4.02. The van der Waals surface area contributed by atoms with Crippen LogP contribution in [0.5, 0.6) is 0 Å². The predicted octanol–water partition coefficient (Wildman–Crippen LogP) is 4.25. The number of amides is 1. The van der Waals surface area contributed by atoms with Gasteiger partial charge < -0.3 is 5.32 Å². The molecule has 1 saturated carbocycles. The summed E-state index contributed by atoms with van der Waals surface area (Å²) in [6.07, 6.45) is 4.76. The van der Waals surface area contributed by atoms with E-state index in [0.717, 1.165) is 12.8 Å². The SMILES string of the molecule is C[C@@H](SC1CCCC1)C(=O)Nc1cc([N+](=O)[O-])ccc1Cl. The van der Waals surface area contributed by atoms with Gasteiger partial charge in [-0.25, -0.2) is 0 Å². The van der Waals surface area contributed by atoms with Gasteiger partial charge in [-0.3, -0.25) is 14.9 Å². The molecule has 1 amide bonds. The van der Waals surface area contributed by atoms with Gasteiger partial charge in [0.1, 0.15) is 0 Å². The maximum atomic E-state index is 12.2. The molecule has 2 rings (SSSR count). The summed E-state index contributed by atoms with van der Waals surface area (Å²) in [4.78, 5) is 22.4. The zero-order valence-corrected chi connectivity index (χ0v) is 13.2. The van der Waals surface area contributed by atoms with Crippen LogP contribution in [0.4, 0.5) is 11.4 Å². The highest BCUT2D eigenvalue weighted by atomic mass is 35.5. The number of halogens is 1. The summed E-state index contributed by atoms with van der Waals surface area (Å²) in [5.41, 5.74) is 0.195. The summed E-state index contributed by atoms with van der Waals surface area (Å²) in [7, 11) is 0. The second kappa shape index (κ2) is 7.13. The molecule has 0 saturated heterocycles. The van der Waals surface area contributed by atoms with E-state index in [9.17, 15) is 14.9 Å². The van der Waals surface area contributed by atoms with E-state index in [4.69, 9.17) is 11.6 Å². The molecule has 21 heavy (non-hydrogen) atoms. The zero-order chi connectivity index (χ0) is 15.4. The monoisotopic (exact) mass is 328 g/mol. The standard InChI is InChI=1S/C14H17ClN2O3S/c1-9(21-11-4-2-3-5-11)14(18)16-13-8-10(17(19)20)6-7-12(13)15/h6-9,11H,2-5H2,1H3,(H,16,18)/t9-/m1/s1. The average Bonchev–Trinajstić information content (AvgIpc) is 2.93. The fraction of sp³-hybridized carbons (Fsp3) is 0.500. The van der Waals surface area contributed by atoms with Crippen LogP contribution in [0.15, 0.2) is 18.2 Å². The van der Waals surface area contributed by atoms with Crippen LogP contribution in [0.2, 0.25) is 5.02 Å². The number of hydrogen-bond donors (Lipinski definition) is 1. The molecular formula is C14H17ClN2O3S. The van der Waals surface area contributed by atoms with Crippen molar-refractivity contribution in [2.75, 3.05) is 5.32 Å². The van der Waals surface area contributed by atoms with Crippen LogP contribution in [0, 0.1) is 10.1 Å². The number of hydrogen-bond acceptors (Lipinski definition) is 4. The van der Waals surface area contributed by atoms with E-state index >= 15 is 0 Å². The lowest BCUT2D eigenvalue weighted by atomic mass is 10.2. The lowest BCUT2D eigenvalue weighted by Crippen LogP contribution is -2.24. The number of rotatable bonds is 5. The number of thioether (sulfide) groups is 1. The molecule has 7 heteroatoms. The van der Waals surface area contributed by atoms with Gasteiger partial charge in [0.25, 0.3) is 5.69 Å². The van der Waals surface area contributed by atoms with Crippen LogP contribution in [-0.2, 0) is 4.79 Å². The number of carbonyl (C=O) groups excluding carboxylic acids is 1. The second-order valence-electron chi connectivity index (χ2n) is 5.10. The highest BCUT2D eigenvalue weighted by Gasteiger charge is 2.23. The van der Waals surface area contributed by atoms with Crippen molar-refractivity contribution in [3.05, 3.63) is 33.3 Å². The summed E-state index contributed by atoms with van der Waals surface area (Å²) < 4.78 is 0. The minimum Gasteiger partial charge on any atom is -0.324 e. The van der Waals surface area contributed by atoms with Gasteiger partial charge in [-0.15, -0.1) is 11.8 Å². The Morgan fingerprint density at radius 1 is 1.48 bits per heavy atom. The Morgan fingerprint density at radius 2 is 2.14 bits per heavy atom. The first kappa shape index (κ1) is 16.1. The number of nitrogens with zero attached hydrogens (tertiary/aromatic N) is 1. The molecule has 0 heterocycles. The van der Waals surface area contributed by atoms with Crippen molar-refractivity contribution in [1.82, 2.24) is 0 Å². The molecule has 1 aromatic carbocycles. The first-order valence-corrected chi connectivity index (χ1v) is 8.19. The van der Waals surface area contributed by atoms with Crippen molar-refractivity contribution < 1.29 is 9.72 Å². The Morgan fingerprint density at radius 3 is 2.76 bits per heavy atom. The largest absolute Gasteiger partial charge is 0.324 e. The topological polar surface area (TPSA) is 72.2 Å². The van der Waals surface area contributed by atoms with Gasteiger partial charge in [0.05, 0.1) is 20.9 Å². The highest BCUT2D eigenvalue weighted by molar-refractivity contribution is 8.01. The molecular weight excluding hydrogens is 312 g/mol. The molecule has 0 bridgehead atoms. The normalized spacial score (nSPS) is 16.7. The molecule has 1 atom stereocenters. The molecule has 0 aliphatic heterocycles. The molecule has 5 nitrogen and oxygen atoms in total. The average molecular weight is 329 g/mol. The van der Waals surface area contributed by atoms with Crippen LogP contribution < -0.4 is 5.32 Å². The highest BCUT2D eigenvalue weighted by Crippen LogP contribution is 2.33. The number of nitrogens with one attached hydrogen (secondary N) is 1. The van der Waals surface area contributed by atoms with Gasteiger partial charge in [-0.1, -0.05) is 24.4 Å². The van der Waals surface area contributed by atoms with Crippen LogP contribution in [0.3, 0.4) is 0 Å². The lowest BCUT2D eigenvalue weighted by Gasteiger charge is -2.16. The van der Waals surface area contributed by atoms with E-state index in [1.54, 1.807) is 11.8 Å². The first-order valence-electron chi connectivity index (χ1n) is 6.87. The Balaban J connectivity index is 2.01. The quantitative estimate of drug-likeness (QED) is 0.647. The molecule has 1 aromatic rings. The third-order valence-electron chi connectivity index (χ3n) is 3.49. The van der Waals surface area contributed by atoms with Crippen molar-refractivity contribution >= 4 is 40.6 Å². The van der Waals surface area contributed by atoms with E-state index in [-0.39, 0.29) is 22.5 Å². The summed E-state index contributed by atoms with van der Waals surface area (Å²) in [5, 5.41) is 14.1. The van der Waals surface area contributed by atoms with Crippen molar-refractivity contribution in [2.24, 2.45) is 0 Å². The zero-order valence-electron chi connectivity index (χ0n) is 11.7.